The molecule has 0 spiro atoms. The van der Waals surface area contributed by atoms with Crippen molar-refractivity contribution in [2.75, 3.05) is 6.61 Å². The van der Waals surface area contributed by atoms with E-state index in [1.54, 1.807) is 27.7 Å². The highest BCUT2D eigenvalue weighted by molar-refractivity contribution is 7.85. The Morgan fingerprint density at radius 3 is 2.26 bits per heavy atom. The number of hydrogen-bond acceptors (Lipinski definition) is 5. The van der Waals surface area contributed by atoms with E-state index in [4.69, 9.17) is 8.92 Å². The number of rotatable bonds is 3. The van der Waals surface area contributed by atoms with Crippen LogP contribution in [0.4, 0.5) is 18.0 Å². The van der Waals surface area contributed by atoms with Gasteiger partial charge < -0.3 is 4.74 Å². The standard InChI is InChI=1S/C17H22F3NO5S/c1-5-13(11-6-8-12(9-7-11)17(18,19)20)14-10-25-27(23,24)21(14)15(22)26-16(2,3)4/h6-9,13-14H,5,10H2,1-4H3. The Bertz CT molecular complexity index is 784. The van der Waals surface area contributed by atoms with Gasteiger partial charge in [-0.3, -0.25) is 4.18 Å². The summed E-state index contributed by atoms with van der Waals surface area (Å²) in [5, 5.41) is 0. The molecular formula is C17H22F3NO5S. The molecule has 0 N–H and O–H groups in total. The second-order valence-corrected chi connectivity index (χ2v) is 8.70. The highest BCUT2D eigenvalue weighted by Gasteiger charge is 2.48. The highest BCUT2D eigenvalue weighted by Crippen LogP contribution is 2.36. The van der Waals surface area contributed by atoms with Crippen LogP contribution >= 0.6 is 0 Å². The van der Waals surface area contributed by atoms with Crippen LogP contribution in [0.15, 0.2) is 24.3 Å². The zero-order valence-corrected chi connectivity index (χ0v) is 16.2. The van der Waals surface area contributed by atoms with Crippen molar-refractivity contribution >= 4 is 16.4 Å². The minimum absolute atomic E-state index is 0.291. The van der Waals surface area contributed by atoms with Gasteiger partial charge in [0.15, 0.2) is 0 Å². The second kappa shape index (κ2) is 7.31. The summed E-state index contributed by atoms with van der Waals surface area (Å²) in [5.41, 5.74) is -1.25. The maximum atomic E-state index is 12.8. The van der Waals surface area contributed by atoms with Crippen LogP contribution in [0.25, 0.3) is 0 Å². The zero-order valence-electron chi connectivity index (χ0n) is 15.4. The molecule has 1 aromatic carbocycles. The van der Waals surface area contributed by atoms with Crippen LogP contribution in [0.5, 0.6) is 0 Å². The van der Waals surface area contributed by atoms with Crippen molar-refractivity contribution in [1.29, 1.82) is 0 Å². The molecule has 0 saturated carbocycles. The molecule has 1 saturated heterocycles. The molecule has 1 fully saturated rings. The van der Waals surface area contributed by atoms with Crippen LogP contribution < -0.4 is 0 Å². The molecule has 1 aliphatic rings. The van der Waals surface area contributed by atoms with E-state index < -0.39 is 45.7 Å². The fourth-order valence-corrected chi connectivity index (χ4v) is 4.09. The van der Waals surface area contributed by atoms with Crippen LogP contribution in [0.1, 0.15) is 51.2 Å². The molecule has 0 bridgehead atoms. The predicted molar refractivity (Wildman–Crippen MR) is 91.2 cm³/mol. The molecule has 0 radical (unpaired) electrons. The van der Waals surface area contributed by atoms with Gasteiger partial charge in [-0.2, -0.15) is 25.9 Å². The van der Waals surface area contributed by atoms with Crippen molar-refractivity contribution in [2.24, 2.45) is 0 Å². The van der Waals surface area contributed by atoms with Crippen LogP contribution in [0, 0.1) is 0 Å². The summed E-state index contributed by atoms with van der Waals surface area (Å²) in [5.74, 6) is -0.544. The van der Waals surface area contributed by atoms with Gasteiger partial charge in [0.05, 0.1) is 18.2 Å². The first-order chi connectivity index (χ1) is 12.3. The number of carbonyl (C=O) groups excluding carboxylic acids is 1. The van der Waals surface area contributed by atoms with Crippen LogP contribution in [0.3, 0.4) is 0 Å². The zero-order chi connectivity index (χ0) is 20.6. The molecule has 2 atom stereocenters. The summed E-state index contributed by atoms with van der Waals surface area (Å²) >= 11 is 0. The van der Waals surface area contributed by atoms with Gasteiger partial charge in [-0.05, 0) is 44.9 Å². The van der Waals surface area contributed by atoms with E-state index in [-0.39, 0.29) is 6.61 Å². The van der Waals surface area contributed by atoms with Gasteiger partial charge in [0.1, 0.15) is 5.60 Å². The summed E-state index contributed by atoms with van der Waals surface area (Å²) in [6.07, 6.45) is -5.16. The number of alkyl halides is 3. The lowest BCUT2D eigenvalue weighted by atomic mass is 9.89. The maximum absolute atomic E-state index is 12.8. The fraction of sp³-hybridized carbons (Fsp3) is 0.588. The Morgan fingerprint density at radius 1 is 1.26 bits per heavy atom. The topological polar surface area (TPSA) is 72.9 Å². The van der Waals surface area contributed by atoms with Gasteiger partial charge in [-0.25, -0.2) is 4.79 Å². The van der Waals surface area contributed by atoms with E-state index in [0.29, 0.717) is 16.3 Å². The first-order valence-corrected chi connectivity index (χ1v) is 9.71. The van der Waals surface area contributed by atoms with Crippen molar-refractivity contribution in [3.63, 3.8) is 0 Å². The molecule has 1 heterocycles. The molecule has 1 aromatic rings. The van der Waals surface area contributed by atoms with Gasteiger partial charge in [0.2, 0.25) is 0 Å². The first kappa shape index (κ1) is 21.5. The van der Waals surface area contributed by atoms with Crippen LogP contribution in [0.2, 0.25) is 0 Å². The van der Waals surface area contributed by atoms with E-state index in [0.717, 1.165) is 12.1 Å². The van der Waals surface area contributed by atoms with E-state index in [1.807, 2.05) is 0 Å². The Balaban J connectivity index is 2.35. The lowest BCUT2D eigenvalue weighted by Crippen LogP contribution is -2.45. The fourth-order valence-electron chi connectivity index (χ4n) is 2.91. The van der Waals surface area contributed by atoms with Gasteiger partial charge in [0.25, 0.3) is 0 Å². The third kappa shape index (κ3) is 4.92. The molecule has 2 unspecified atom stereocenters. The minimum Gasteiger partial charge on any atom is -0.443 e. The summed E-state index contributed by atoms with van der Waals surface area (Å²) < 4.78 is 73.2. The number of halogens is 3. The van der Waals surface area contributed by atoms with E-state index in [2.05, 4.69) is 0 Å². The molecule has 0 aliphatic carbocycles. The average molecular weight is 409 g/mol. The number of benzene rings is 1. The first-order valence-electron chi connectivity index (χ1n) is 8.35. The smallest absolute Gasteiger partial charge is 0.426 e. The number of amides is 1. The number of hydrogen-bond donors (Lipinski definition) is 0. The average Bonchev–Trinajstić information content (AvgIpc) is 2.81. The normalized spacial score (nSPS) is 21.1. The summed E-state index contributed by atoms with van der Waals surface area (Å²) in [7, 11) is -4.32. The maximum Gasteiger partial charge on any atom is 0.426 e. The van der Waals surface area contributed by atoms with Crippen molar-refractivity contribution in [3.05, 3.63) is 35.4 Å². The van der Waals surface area contributed by atoms with Gasteiger partial charge >= 0.3 is 22.6 Å². The van der Waals surface area contributed by atoms with Gasteiger partial charge in [-0.1, -0.05) is 19.1 Å². The summed E-state index contributed by atoms with van der Waals surface area (Å²) in [4.78, 5) is 12.4. The largest absolute Gasteiger partial charge is 0.443 e. The third-order valence-corrected chi connectivity index (χ3v) is 5.41. The SMILES string of the molecule is CCC(c1ccc(C(F)(F)F)cc1)C1COS(=O)(=O)N1C(=O)OC(C)(C)C. The molecule has 152 valence electrons. The monoisotopic (exact) mass is 409 g/mol. The lowest BCUT2D eigenvalue weighted by Gasteiger charge is -2.30. The molecule has 6 nitrogen and oxygen atoms in total. The number of carbonyl (C=O) groups is 1. The lowest BCUT2D eigenvalue weighted by molar-refractivity contribution is -0.137. The molecule has 2 rings (SSSR count). The van der Waals surface area contributed by atoms with Crippen molar-refractivity contribution in [1.82, 2.24) is 4.31 Å². The Kier molecular flexibility index (Phi) is 5.82. The molecule has 27 heavy (non-hydrogen) atoms. The van der Waals surface area contributed by atoms with Crippen molar-refractivity contribution in [2.45, 2.75) is 57.9 Å². The Hall–Kier alpha value is -1.81. The van der Waals surface area contributed by atoms with E-state index >= 15 is 0 Å². The van der Waals surface area contributed by atoms with Gasteiger partial charge in [0, 0.05) is 5.92 Å². The van der Waals surface area contributed by atoms with E-state index in [9.17, 15) is 26.4 Å². The molecular weight excluding hydrogens is 387 g/mol. The second-order valence-electron chi connectivity index (χ2n) is 7.22. The molecule has 1 amide bonds. The van der Waals surface area contributed by atoms with Crippen LogP contribution in [-0.2, 0) is 25.4 Å². The number of ether oxygens (including phenoxy) is 1. The minimum atomic E-state index is -4.47. The summed E-state index contributed by atoms with van der Waals surface area (Å²) in [6, 6.07) is 3.52. The summed E-state index contributed by atoms with van der Waals surface area (Å²) in [6.45, 7) is 6.24. The third-order valence-electron chi connectivity index (χ3n) is 4.07. The predicted octanol–water partition coefficient (Wildman–Crippen LogP) is 4.08. The molecule has 10 heteroatoms. The van der Waals surface area contributed by atoms with Crippen molar-refractivity contribution in [3.8, 4) is 0 Å². The van der Waals surface area contributed by atoms with Crippen molar-refractivity contribution < 1.29 is 35.3 Å². The quantitative estimate of drug-likeness (QED) is 0.752. The molecule has 1 aliphatic heterocycles. The van der Waals surface area contributed by atoms with E-state index in [1.165, 1.54) is 12.1 Å². The van der Waals surface area contributed by atoms with Crippen LogP contribution in [-0.4, -0.2) is 37.1 Å². The van der Waals surface area contributed by atoms with Gasteiger partial charge in [-0.15, -0.1) is 0 Å². The Morgan fingerprint density at radius 2 is 1.81 bits per heavy atom. The number of nitrogens with zero attached hydrogens (tertiary/aromatic N) is 1. The Labute approximate surface area is 156 Å². The molecule has 0 aromatic heterocycles. The highest BCUT2D eigenvalue weighted by atomic mass is 32.2.